The van der Waals surface area contributed by atoms with Crippen LogP contribution in [0.15, 0.2) is 0 Å². The zero-order valence-corrected chi connectivity index (χ0v) is 20.0. The highest BCUT2D eigenvalue weighted by molar-refractivity contribution is 6.00. The van der Waals surface area contributed by atoms with E-state index in [1.54, 1.807) is 27.9 Å². The van der Waals surface area contributed by atoms with Crippen LogP contribution in [0.4, 0.5) is 0 Å². The average molecular weight is 428 g/mol. The molecule has 4 amide bonds. The lowest BCUT2D eigenvalue weighted by Crippen LogP contribution is -2.57. The fourth-order valence-electron chi connectivity index (χ4n) is 3.18. The molecule has 9 heteroatoms. The van der Waals surface area contributed by atoms with E-state index >= 15 is 0 Å². The number of carbonyl (C=O) groups is 4. The van der Waals surface area contributed by atoms with Gasteiger partial charge in [0, 0.05) is 14.1 Å². The van der Waals surface area contributed by atoms with Crippen molar-refractivity contribution in [2.24, 2.45) is 11.8 Å². The summed E-state index contributed by atoms with van der Waals surface area (Å²) in [6.07, 6.45) is 1.13. The van der Waals surface area contributed by atoms with Crippen LogP contribution in [-0.2, 0) is 19.2 Å². The minimum Gasteiger partial charge on any atom is -0.357 e. The minimum absolute atomic E-state index is 0.229. The molecule has 0 saturated heterocycles. The van der Waals surface area contributed by atoms with E-state index in [0.717, 1.165) is 0 Å². The molecule has 9 nitrogen and oxygen atoms in total. The van der Waals surface area contributed by atoms with Crippen molar-refractivity contribution in [3.8, 4) is 0 Å². The summed E-state index contributed by atoms with van der Waals surface area (Å²) in [7, 11) is 4.80. The van der Waals surface area contributed by atoms with Gasteiger partial charge in [0.05, 0.1) is 18.1 Å². The number of hydrogen-bond acceptors (Lipinski definition) is 6. The topological polar surface area (TPSA) is 120 Å². The summed E-state index contributed by atoms with van der Waals surface area (Å²) in [4.78, 5) is 51.2. The number of amides is 4. The number of nitrogens with one attached hydrogen (secondary N) is 4. The van der Waals surface area contributed by atoms with Gasteiger partial charge in [-0.05, 0) is 45.6 Å². The van der Waals surface area contributed by atoms with Gasteiger partial charge in [-0.25, -0.2) is 0 Å². The molecule has 0 aromatic carbocycles. The van der Waals surface area contributed by atoms with Gasteiger partial charge in [0.15, 0.2) is 0 Å². The number of nitrogens with zero attached hydrogens (tertiary/aromatic N) is 1. The van der Waals surface area contributed by atoms with E-state index in [1.807, 2.05) is 27.7 Å². The van der Waals surface area contributed by atoms with E-state index < -0.39 is 36.0 Å². The molecule has 4 atom stereocenters. The summed E-state index contributed by atoms with van der Waals surface area (Å²) in [6.45, 7) is 11.2. The van der Waals surface area contributed by atoms with Crippen molar-refractivity contribution in [2.45, 2.75) is 78.6 Å². The van der Waals surface area contributed by atoms with Gasteiger partial charge in [-0.2, -0.15) is 0 Å². The fraction of sp³-hybridized carbons (Fsp3) is 0.810. The third-order valence-electron chi connectivity index (χ3n) is 4.94. The van der Waals surface area contributed by atoms with Crippen LogP contribution in [-0.4, -0.2) is 73.8 Å². The van der Waals surface area contributed by atoms with Crippen molar-refractivity contribution < 1.29 is 19.2 Å². The summed E-state index contributed by atoms with van der Waals surface area (Å²) < 4.78 is 0. The Morgan fingerprint density at radius 1 is 0.767 bits per heavy atom. The van der Waals surface area contributed by atoms with Crippen LogP contribution in [0.25, 0.3) is 0 Å². The Morgan fingerprint density at radius 3 is 1.73 bits per heavy atom. The van der Waals surface area contributed by atoms with Crippen LogP contribution in [0.3, 0.4) is 0 Å². The maximum absolute atomic E-state index is 12.8. The average Bonchev–Trinajstić information content (AvgIpc) is 2.67. The van der Waals surface area contributed by atoms with E-state index in [2.05, 4.69) is 21.3 Å². The summed E-state index contributed by atoms with van der Waals surface area (Å²) in [5.74, 6) is -0.901. The van der Waals surface area contributed by atoms with Gasteiger partial charge in [0.25, 0.3) is 0 Å². The number of imide groups is 1. The van der Waals surface area contributed by atoms with Crippen LogP contribution in [0.1, 0.15) is 54.4 Å². The highest BCUT2D eigenvalue weighted by Crippen LogP contribution is 2.12. The van der Waals surface area contributed by atoms with Crippen LogP contribution in [0, 0.1) is 11.8 Å². The Bertz CT molecular complexity index is 594. The first-order chi connectivity index (χ1) is 13.8. The summed E-state index contributed by atoms with van der Waals surface area (Å²) in [5, 5.41) is 10.8. The molecule has 4 N–H and O–H groups in total. The highest BCUT2D eigenvalue weighted by Gasteiger charge is 2.31. The number of rotatable bonds is 12. The maximum Gasteiger partial charge on any atom is 0.243 e. The van der Waals surface area contributed by atoms with Crippen LogP contribution in [0.2, 0.25) is 0 Å². The summed E-state index contributed by atoms with van der Waals surface area (Å²) in [5.41, 5.74) is 0. The molecular weight excluding hydrogens is 386 g/mol. The minimum atomic E-state index is -0.763. The van der Waals surface area contributed by atoms with Crippen molar-refractivity contribution in [1.29, 1.82) is 0 Å². The van der Waals surface area contributed by atoms with Crippen molar-refractivity contribution in [2.75, 3.05) is 21.1 Å². The SMILES string of the molecule is CNC(=O)C(CC(C)C)N(C)C(=O)[C@H](C)N[C@H](C)C(=O)NC(=O)[C@H](CC(C)C)NC. The second kappa shape index (κ2) is 13.3. The normalized spacial score (nSPS) is 15.3. The monoisotopic (exact) mass is 427 g/mol. The van der Waals surface area contributed by atoms with Gasteiger partial charge in [-0.1, -0.05) is 27.7 Å². The zero-order chi connectivity index (χ0) is 23.6. The van der Waals surface area contributed by atoms with E-state index in [-0.39, 0.29) is 17.7 Å². The van der Waals surface area contributed by atoms with Crippen molar-refractivity contribution >= 4 is 23.6 Å². The molecule has 0 bridgehead atoms. The van der Waals surface area contributed by atoms with Gasteiger partial charge >= 0.3 is 0 Å². The van der Waals surface area contributed by atoms with Crippen LogP contribution in [0.5, 0.6) is 0 Å². The van der Waals surface area contributed by atoms with Gasteiger partial charge in [0.2, 0.25) is 23.6 Å². The highest BCUT2D eigenvalue weighted by atomic mass is 16.2. The van der Waals surface area contributed by atoms with E-state index in [0.29, 0.717) is 18.8 Å². The first kappa shape index (κ1) is 28.0. The molecule has 0 rings (SSSR count). The quantitative estimate of drug-likeness (QED) is 0.354. The maximum atomic E-state index is 12.8. The summed E-state index contributed by atoms with van der Waals surface area (Å²) in [6, 6.07) is -2.53. The van der Waals surface area contributed by atoms with Crippen LogP contribution < -0.4 is 21.3 Å². The lowest BCUT2D eigenvalue weighted by Gasteiger charge is -2.31. The molecule has 0 fully saturated rings. The second-order valence-electron chi connectivity index (χ2n) is 8.64. The lowest BCUT2D eigenvalue weighted by atomic mass is 10.0. The Kier molecular flexibility index (Phi) is 12.4. The first-order valence-corrected chi connectivity index (χ1v) is 10.6. The molecule has 0 spiro atoms. The van der Waals surface area contributed by atoms with Crippen molar-refractivity contribution in [1.82, 2.24) is 26.2 Å². The molecule has 0 aromatic rings. The molecule has 0 heterocycles. The zero-order valence-electron chi connectivity index (χ0n) is 20.0. The predicted octanol–water partition coefficient (Wildman–Crippen LogP) is 0.249. The van der Waals surface area contributed by atoms with Crippen molar-refractivity contribution in [3.05, 3.63) is 0 Å². The molecular formula is C21H41N5O4. The number of hydrogen-bond donors (Lipinski definition) is 4. The van der Waals surface area contributed by atoms with E-state index in [1.165, 1.54) is 11.9 Å². The summed E-state index contributed by atoms with van der Waals surface area (Å²) >= 11 is 0. The van der Waals surface area contributed by atoms with Crippen molar-refractivity contribution in [3.63, 3.8) is 0 Å². The van der Waals surface area contributed by atoms with Gasteiger partial charge < -0.3 is 15.5 Å². The molecule has 0 aliphatic heterocycles. The molecule has 0 aliphatic carbocycles. The second-order valence-corrected chi connectivity index (χ2v) is 8.64. The molecule has 0 saturated carbocycles. The van der Waals surface area contributed by atoms with E-state index in [9.17, 15) is 19.2 Å². The molecule has 0 aromatic heterocycles. The lowest BCUT2D eigenvalue weighted by molar-refractivity contribution is -0.141. The molecule has 30 heavy (non-hydrogen) atoms. The number of carbonyl (C=O) groups excluding carboxylic acids is 4. The smallest absolute Gasteiger partial charge is 0.243 e. The standard InChI is InChI=1S/C21H41N5O4/c1-12(2)10-16(22-7)19(28)25-18(27)14(5)24-15(6)21(30)26(9)17(11-13(3)4)20(29)23-8/h12-17,22,24H,10-11H2,1-9H3,(H,23,29)(H,25,27,28)/t14-,15+,16+,17?/m1/s1. The molecule has 1 unspecified atom stereocenters. The van der Waals surface area contributed by atoms with Gasteiger partial charge in [0.1, 0.15) is 6.04 Å². The van der Waals surface area contributed by atoms with Crippen LogP contribution >= 0.6 is 0 Å². The van der Waals surface area contributed by atoms with Gasteiger partial charge in [-0.15, -0.1) is 0 Å². The first-order valence-electron chi connectivity index (χ1n) is 10.6. The third-order valence-corrected chi connectivity index (χ3v) is 4.94. The fourth-order valence-corrected chi connectivity index (χ4v) is 3.18. The Labute approximate surface area is 181 Å². The largest absolute Gasteiger partial charge is 0.357 e. The predicted molar refractivity (Wildman–Crippen MR) is 118 cm³/mol. The Hall–Kier alpha value is -2.00. The molecule has 174 valence electrons. The van der Waals surface area contributed by atoms with E-state index in [4.69, 9.17) is 0 Å². The number of likely N-dealkylation sites (N-methyl/N-ethyl adjacent to an activating group) is 3. The third kappa shape index (κ3) is 9.21. The van der Waals surface area contributed by atoms with Gasteiger partial charge in [-0.3, -0.25) is 29.8 Å². The molecule has 0 aliphatic rings. The Morgan fingerprint density at radius 2 is 1.30 bits per heavy atom. The molecule has 0 radical (unpaired) electrons. The Balaban J connectivity index is 4.98.